The highest BCUT2D eigenvalue weighted by molar-refractivity contribution is 5.80. The molecule has 0 unspecified atom stereocenters. The number of methoxy groups -OCH3 is 1. The van der Waals surface area contributed by atoms with Crippen LogP contribution in [0.4, 0.5) is 5.82 Å². The van der Waals surface area contributed by atoms with Crippen LogP contribution in [0.3, 0.4) is 0 Å². The Labute approximate surface area is 139 Å². The van der Waals surface area contributed by atoms with Crippen LogP contribution in [0.25, 0.3) is 22.3 Å². The van der Waals surface area contributed by atoms with Gasteiger partial charge in [-0.15, -0.1) is 0 Å². The minimum absolute atomic E-state index is 0.274. The largest absolute Gasteiger partial charge is 0.378 e. The second-order valence-corrected chi connectivity index (χ2v) is 5.79. The summed E-state index contributed by atoms with van der Waals surface area (Å²) in [5.74, 6) is 0.847. The van der Waals surface area contributed by atoms with Crippen LogP contribution < -0.4 is 10.6 Å². The topological polar surface area (TPSA) is 90.0 Å². The summed E-state index contributed by atoms with van der Waals surface area (Å²) in [5.41, 5.74) is 8.87. The summed E-state index contributed by atoms with van der Waals surface area (Å²) in [6.07, 6.45) is 5.57. The number of pyridine rings is 2. The summed E-state index contributed by atoms with van der Waals surface area (Å²) < 4.78 is 5.30. The SMILES string of the molecule is COC1CN(c2cncc(-c3ccc4cnc(CN)cc4n3)n2)C1. The molecule has 3 aromatic heterocycles. The number of hydrogen-bond donors (Lipinski definition) is 1. The molecule has 4 heterocycles. The van der Waals surface area contributed by atoms with Gasteiger partial charge in [0.15, 0.2) is 0 Å². The van der Waals surface area contributed by atoms with E-state index in [4.69, 9.17) is 10.5 Å². The van der Waals surface area contributed by atoms with Crippen LogP contribution in [0.2, 0.25) is 0 Å². The van der Waals surface area contributed by atoms with Crippen LogP contribution in [0, 0.1) is 0 Å². The number of rotatable bonds is 4. The van der Waals surface area contributed by atoms with Crippen LogP contribution in [-0.4, -0.2) is 46.2 Å². The van der Waals surface area contributed by atoms with Gasteiger partial charge in [-0.25, -0.2) is 9.97 Å². The molecule has 0 aliphatic carbocycles. The van der Waals surface area contributed by atoms with Crippen molar-refractivity contribution in [1.29, 1.82) is 0 Å². The van der Waals surface area contributed by atoms with Crippen molar-refractivity contribution in [2.24, 2.45) is 5.73 Å². The van der Waals surface area contributed by atoms with Gasteiger partial charge in [-0.2, -0.15) is 0 Å². The molecular formula is C17H18N6O. The molecule has 24 heavy (non-hydrogen) atoms. The van der Waals surface area contributed by atoms with Crippen molar-refractivity contribution in [1.82, 2.24) is 19.9 Å². The monoisotopic (exact) mass is 322 g/mol. The highest BCUT2D eigenvalue weighted by Crippen LogP contribution is 2.24. The quantitative estimate of drug-likeness (QED) is 0.776. The van der Waals surface area contributed by atoms with E-state index in [0.717, 1.165) is 46.9 Å². The zero-order chi connectivity index (χ0) is 16.5. The molecule has 1 fully saturated rings. The first-order valence-electron chi connectivity index (χ1n) is 7.83. The number of ether oxygens (including phenoxy) is 1. The molecule has 0 aromatic carbocycles. The second-order valence-electron chi connectivity index (χ2n) is 5.79. The van der Waals surface area contributed by atoms with E-state index in [-0.39, 0.29) is 6.10 Å². The smallest absolute Gasteiger partial charge is 0.148 e. The zero-order valence-electron chi connectivity index (χ0n) is 13.4. The van der Waals surface area contributed by atoms with Crippen molar-refractivity contribution in [2.75, 3.05) is 25.1 Å². The third kappa shape index (κ3) is 2.68. The van der Waals surface area contributed by atoms with E-state index in [2.05, 4.69) is 24.8 Å². The molecule has 122 valence electrons. The Balaban J connectivity index is 1.67. The highest BCUT2D eigenvalue weighted by atomic mass is 16.5. The maximum Gasteiger partial charge on any atom is 0.148 e. The normalized spacial score (nSPS) is 14.8. The third-order valence-corrected chi connectivity index (χ3v) is 4.23. The molecule has 0 spiro atoms. The second kappa shape index (κ2) is 6.10. The lowest BCUT2D eigenvalue weighted by molar-refractivity contribution is 0.0783. The molecule has 2 N–H and O–H groups in total. The number of nitrogens with two attached hydrogens (primary N) is 1. The van der Waals surface area contributed by atoms with Gasteiger partial charge in [-0.1, -0.05) is 0 Å². The fraction of sp³-hybridized carbons (Fsp3) is 0.294. The molecule has 4 rings (SSSR count). The molecule has 0 bridgehead atoms. The molecule has 1 saturated heterocycles. The van der Waals surface area contributed by atoms with Crippen LogP contribution in [0.1, 0.15) is 5.69 Å². The maximum absolute atomic E-state index is 5.66. The Bertz CT molecular complexity index is 878. The van der Waals surface area contributed by atoms with E-state index in [0.29, 0.717) is 6.54 Å². The predicted molar refractivity (Wildman–Crippen MR) is 91.5 cm³/mol. The molecule has 0 saturated carbocycles. The van der Waals surface area contributed by atoms with Gasteiger partial charge >= 0.3 is 0 Å². The highest BCUT2D eigenvalue weighted by Gasteiger charge is 2.27. The first kappa shape index (κ1) is 14.9. The van der Waals surface area contributed by atoms with Crippen molar-refractivity contribution < 1.29 is 4.74 Å². The van der Waals surface area contributed by atoms with Crippen molar-refractivity contribution in [2.45, 2.75) is 12.6 Å². The fourth-order valence-electron chi connectivity index (χ4n) is 2.72. The molecular weight excluding hydrogens is 304 g/mol. The lowest BCUT2D eigenvalue weighted by Crippen LogP contribution is -2.52. The zero-order valence-corrected chi connectivity index (χ0v) is 13.4. The van der Waals surface area contributed by atoms with Gasteiger partial charge in [0.25, 0.3) is 0 Å². The maximum atomic E-state index is 5.66. The minimum atomic E-state index is 0.274. The molecule has 3 aromatic rings. The standard InChI is InChI=1S/C17H18N6O/c1-24-13-9-23(10-13)17-8-19-7-16(22-17)14-3-2-11-6-20-12(5-18)4-15(11)21-14/h2-4,6-8,13H,5,9-10,18H2,1H3. The van der Waals surface area contributed by atoms with Crippen LogP contribution in [0.15, 0.2) is 36.8 Å². The Kier molecular flexibility index (Phi) is 3.79. The first-order valence-corrected chi connectivity index (χ1v) is 7.83. The van der Waals surface area contributed by atoms with Crippen LogP contribution in [-0.2, 0) is 11.3 Å². The fourth-order valence-corrected chi connectivity index (χ4v) is 2.72. The Morgan fingerprint density at radius 2 is 2.04 bits per heavy atom. The third-order valence-electron chi connectivity index (χ3n) is 4.23. The van der Waals surface area contributed by atoms with E-state index in [1.807, 2.05) is 18.2 Å². The van der Waals surface area contributed by atoms with E-state index >= 15 is 0 Å². The summed E-state index contributed by atoms with van der Waals surface area (Å²) in [4.78, 5) is 20.1. The lowest BCUT2D eigenvalue weighted by atomic mass is 10.1. The van der Waals surface area contributed by atoms with Crippen molar-refractivity contribution >= 4 is 16.7 Å². The van der Waals surface area contributed by atoms with E-state index in [1.54, 1.807) is 25.7 Å². The summed E-state index contributed by atoms with van der Waals surface area (Å²) in [5, 5.41) is 0.978. The number of nitrogens with zero attached hydrogens (tertiary/aromatic N) is 5. The Hall–Kier alpha value is -2.64. The van der Waals surface area contributed by atoms with Gasteiger partial charge in [0.2, 0.25) is 0 Å². The average molecular weight is 322 g/mol. The molecule has 1 aliphatic rings. The van der Waals surface area contributed by atoms with Crippen molar-refractivity contribution in [3.8, 4) is 11.4 Å². The minimum Gasteiger partial charge on any atom is -0.378 e. The number of anilines is 1. The van der Waals surface area contributed by atoms with Gasteiger partial charge in [-0.05, 0) is 18.2 Å². The Morgan fingerprint density at radius 3 is 2.83 bits per heavy atom. The first-order chi connectivity index (χ1) is 11.8. The van der Waals surface area contributed by atoms with E-state index in [9.17, 15) is 0 Å². The Morgan fingerprint density at radius 1 is 1.17 bits per heavy atom. The molecule has 1 aliphatic heterocycles. The van der Waals surface area contributed by atoms with Crippen molar-refractivity contribution in [3.05, 3.63) is 42.5 Å². The summed E-state index contributed by atoms with van der Waals surface area (Å²) >= 11 is 0. The number of hydrogen-bond acceptors (Lipinski definition) is 7. The van der Waals surface area contributed by atoms with Gasteiger partial charge < -0.3 is 15.4 Å². The average Bonchev–Trinajstić information content (AvgIpc) is 2.60. The van der Waals surface area contributed by atoms with Crippen LogP contribution in [0.5, 0.6) is 0 Å². The number of aromatic nitrogens is 4. The number of fused-ring (bicyclic) bond motifs is 1. The van der Waals surface area contributed by atoms with Gasteiger partial charge in [0, 0.05) is 38.3 Å². The van der Waals surface area contributed by atoms with Gasteiger partial charge in [0.05, 0.1) is 35.4 Å². The van der Waals surface area contributed by atoms with E-state index < -0.39 is 0 Å². The molecule has 7 heteroatoms. The predicted octanol–water partition coefficient (Wildman–Crippen LogP) is 1.38. The van der Waals surface area contributed by atoms with Crippen LogP contribution >= 0.6 is 0 Å². The van der Waals surface area contributed by atoms with Crippen molar-refractivity contribution in [3.63, 3.8) is 0 Å². The van der Waals surface area contributed by atoms with Gasteiger partial charge in [-0.3, -0.25) is 9.97 Å². The molecule has 7 nitrogen and oxygen atoms in total. The summed E-state index contributed by atoms with van der Waals surface area (Å²) in [6, 6.07) is 5.84. The van der Waals surface area contributed by atoms with E-state index in [1.165, 1.54) is 0 Å². The molecule has 0 amide bonds. The molecule has 0 radical (unpaired) electrons. The summed E-state index contributed by atoms with van der Waals surface area (Å²) in [6.45, 7) is 2.07. The molecule has 0 atom stereocenters. The lowest BCUT2D eigenvalue weighted by Gasteiger charge is -2.38. The summed E-state index contributed by atoms with van der Waals surface area (Å²) in [7, 11) is 1.73. The van der Waals surface area contributed by atoms with Gasteiger partial charge in [0.1, 0.15) is 11.5 Å².